The van der Waals surface area contributed by atoms with Crippen molar-refractivity contribution < 1.29 is 4.79 Å². The summed E-state index contributed by atoms with van der Waals surface area (Å²) in [7, 11) is 0. The van der Waals surface area contributed by atoms with E-state index in [0.717, 1.165) is 22.8 Å². The monoisotopic (exact) mass is 360 g/mol. The molecule has 0 saturated heterocycles. The largest absolute Gasteiger partial charge is 0.349 e. The summed E-state index contributed by atoms with van der Waals surface area (Å²) in [4.78, 5) is 18.4. The Bertz CT molecular complexity index is 912. The van der Waals surface area contributed by atoms with Crippen molar-refractivity contribution in [1.29, 1.82) is 0 Å². The second kappa shape index (κ2) is 7.34. The number of nitrogens with zero attached hydrogens (tertiary/aromatic N) is 1. The highest BCUT2D eigenvalue weighted by molar-refractivity contribution is 7.99. The predicted molar refractivity (Wildman–Crippen MR) is 105 cm³/mol. The van der Waals surface area contributed by atoms with Gasteiger partial charge in [0, 0.05) is 17.1 Å². The number of hydrogen-bond acceptors (Lipinski definition) is 3. The van der Waals surface area contributed by atoms with Gasteiger partial charge in [-0.2, -0.15) is 0 Å². The third-order valence-electron chi connectivity index (χ3n) is 4.64. The Hall–Kier alpha value is -2.59. The van der Waals surface area contributed by atoms with Crippen LogP contribution in [0.4, 0.5) is 0 Å². The summed E-state index contributed by atoms with van der Waals surface area (Å²) < 4.78 is 0. The quantitative estimate of drug-likeness (QED) is 0.748. The maximum atomic E-state index is 12.9. The van der Waals surface area contributed by atoms with Crippen molar-refractivity contribution in [3.8, 4) is 0 Å². The van der Waals surface area contributed by atoms with Gasteiger partial charge in [0.15, 0.2) is 0 Å². The first-order valence-electron chi connectivity index (χ1n) is 8.76. The van der Waals surface area contributed by atoms with Crippen molar-refractivity contribution >= 4 is 17.7 Å². The lowest BCUT2D eigenvalue weighted by atomic mass is 10.1. The Labute approximate surface area is 157 Å². The minimum Gasteiger partial charge on any atom is -0.349 e. The normalized spacial score (nSPS) is 13.4. The Kier molecular flexibility index (Phi) is 4.76. The molecular weight excluding hydrogens is 340 g/mol. The van der Waals surface area contributed by atoms with Gasteiger partial charge in [-0.1, -0.05) is 53.7 Å². The molecule has 4 heteroatoms. The maximum absolute atomic E-state index is 12.9. The number of aromatic nitrogens is 1. The van der Waals surface area contributed by atoms with Crippen LogP contribution in [0.25, 0.3) is 0 Å². The van der Waals surface area contributed by atoms with E-state index in [2.05, 4.69) is 65.8 Å². The summed E-state index contributed by atoms with van der Waals surface area (Å²) in [6.07, 6.45) is 3.52. The van der Waals surface area contributed by atoms with E-state index in [9.17, 15) is 4.79 Å². The average molecular weight is 360 g/mol. The Morgan fingerprint density at radius 1 is 1.00 bits per heavy atom. The molecule has 1 aliphatic carbocycles. The van der Waals surface area contributed by atoms with Crippen molar-refractivity contribution in [3.05, 3.63) is 89.1 Å². The van der Waals surface area contributed by atoms with Gasteiger partial charge in [-0.15, -0.1) is 0 Å². The summed E-state index contributed by atoms with van der Waals surface area (Å²) in [5.74, 6) is -0.0504. The van der Waals surface area contributed by atoms with Gasteiger partial charge in [0.05, 0.1) is 5.56 Å². The number of hydrogen-bond donors (Lipinski definition) is 1. The molecule has 0 saturated carbocycles. The van der Waals surface area contributed by atoms with Gasteiger partial charge in [0.2, 0.25) is 0 Å². The van der Waals surface area contributed by atoms with Crippen LogP contribution in [0.2, 0.25) is 0 Å². The second-order valence-electron chi connectivity index (χ2n) is 6.62. The highest BCUT2D eigenvalue weighted by Gasteiger charge is 2.24. The van der Waals surface area contributed by atoms with Gasteiger partial charge in [-0.25, -0.2) is 4.98 Å². The molecule has 1 aliphatic rings. The molecule has 1 heterocycles. The van der Waals surface area contributed by atoms with Crippen molar-refractivity contribution in [2.75, 3.05) is 0 Å². The number of pyridine rings is 1. The van der Waals surface area contributed by atoms with Gasteiger partial charge in [0.1, 0.15) is 5.03 Å². The number of fused-ring (bicyclic) bond motifs is 1. The molecule has 2 aromatic carbocycles. The van der Waals surface area contributed by atoms with Crippen molar-refractivity contribution in [2.45, 2.75) is 35.7 Å². The van der Waals surface area contributed by atoms with Crippen LogP contribution in [0.15, 0.2) is 76.8 Å². The molecule has 130 valence electrons. The fourth-order valence-corrected chi connectivity index (χ4v) is 4.17. The van der Waals surface area contributed by atoms with E-state index in [1.54, 1.807) is 6.20 Å². The lowest BCUT2D eigenvalue weighted by Gasteiger charge is -2.14. The van der Waals surface area contributed by atoms with E-state index < -0.39 is 0 Å². The second-order valence-corrected chi connectivity index (χ2v) is 7.68. The smallest absolute Gasteiger partial charge is 0.254 e. The molecule has 0 aliphatic heterocycles. The van der Waals surface area contributed by atoms with Gasteiger partial charge in [0.25, 0.3) is 5.91 Å². The highest BCUT2D eigenvalue weighted by atomic mass is 32.2. The van der Waals surface area contributed by atoms with E-state index in [1.807, 2.05) is 12.1 Å². The minimum absolute atomic E-state index is 0.0504. The summed E-state index contributed by atoms with van der Waals surface area (Å²) in [6.45, 7) is 2.06. The first kappa shape index (κ1) is 16.9. The molecule has 0 atom stereocenters. The number of aryl methyl sites for hydroxylation is 1. The zero-order chi connectivity index (χ0) is 17.9. The zero-order valence-corrected chi connectivity index (χ0v) is 15.4. The topological polar surface area (TPSA) is 42.0 Å². The van der Waals surface area contributed by atoms with Crippen molar-refractivity contribution in [3.63, 3.8) is 0 Å². The van der Waals surface area contributed by atoms with Crippen molar-refractivity contribution in [2.24, 2.45) is 0 Å². The highest BCUT2D eigenvalue weighted by Crippen LogP contribution is 2.29. The molecule has 1 aromatic heterocycles. The molecule has 1 amide bonds. The number of carbonyl (C=O) groups excluding carboxylic acids is 1. The van der Waals surface area contributed by atoms with E-state index in [4.69, 9.17) is 0 Å². The van der Waals surface area contributed by atoms with Crippen LogP contribution in [0.3, 0.4) is 0 Å². The number of benzene rings is 2. The third kappa shape index (κ3) is 3.65. The van der Waals surface area contributed by atoms with Crippen LogP contribution in [-0.4, -0.2) is 16.9 Å². The maximum Gasteiger partial charge on any atom is 0.254 e. The number of carbonyl (C=O) groups is 1. The molecule has 0 spiro atoms. The van der Waals surface area contributed by atoms with E-state index in [-0.39, 0.29) is 11.9 Å². The van der Waals surface area contributed by atoms with Crippen LogP contribution in [0.5, 0.6) is 0 Å². The SMILES string of the molecule is Cc1ccc(Sc2ncccc2C(=O)NC2Cc3ccccc3C2)cc1. The molecule has 0 unspecified atom stereocenters. The van der Waals surface area contributed by atoms with Crippen LogP contribution in [0, 0.1) is 6.92 Å². The zero-order valence-electron chi connectivity index (χ0n) is 14.6. The fourth-order valence-electron chi connectivity index (χ4n) is 3.29. The van der Waals surface area contributed by atoms with Gasteiger partial charge >= 0.3 is 0 Å². The van der Waals surface area contributed by atoms with Crippen molar-refractivity contribution in [1.82, 2.24) is 10.3 Å². The first-order valence-corrected chi connectivity index (χ1v) is 9.58. The number of amides is 1. The molecular formula is C22H20N2OS. The molecule has 4 rings (SSSR count). The van der Waals surface area contributed by atoms with Crippen LogP contribution in [0.1, 0.15) is 27.0 Å². The Morgan fingerprint density at radius 3 is 2.38 bits per heavy atom. The molecule has 1 N–H and O–H groups in total. The third-order valence-corrected chi connectivity index (χ3v) is 5.66. The molecule has 0 radical (unpaired) electrons. The van der Waals surface area contributed by atoms with Crippen LogP contribution >= 0.6 is 11.8 Å². The van der Waals surface area contributed by atoms with Crippen LogP contribution in [-0.2, 0) is 12.8 Å². The van der Waals surface area contributed by atoms with Gasteiger partial charge < -0.3 is 5.32 Å². The summed E-state index contributed by atoms with van der Waals surface area (Å²) >= 11 is 1.52. The molecule has 3 aromatic rings. The summed E-state index contributed by atoms with van der Waals surface area (Å²) in [6, 6.07) is 20.5. The van der Waals surface area contributed by atoms with Crippen LogP contribution < -0.4 is 5.32 Å². The van der Waals surface area contributed by atoms with Gasteiger partial charge in [-0.05, 0) is 55.2 Å². The fraction of sp³-hybridized carbons (Fsp3) is 0.182. The molecule has 0 fully saturated rings. The summed E-state index contributed by atoms with van der Waals surface area (Å²) in [5.41, 5.74) is 4.51. The molecule has 0 bridgehead atoms. The molecule has 26 heavy (non-hydrogen) atoms. The minimum atomic E-state index is -0.0504. The Morgan fingerprint density at radius 2 is 1.69 bits per heavy atom. The van der Waals surface area contributed by atoms with Gasteiger partial charge in [-0.3, -0.25) is 4.79 Å². The lowest BCUT2D eigenvalue weighted by Crippen LogP contribution is -2.35. The molecule has 3 nitrogen and oxygen atoms in total. The van der Waals surface area contributed by atoms with E-state index in [0.29, 0.717) is 5.56 Å². The average Bonchev–Trinajstić information content (AvgIpc) is 3.06. The first-order chi connectivity index (χ1) is 12.7. The number of nitrogens with one attached hydrogen (secondary N) is 1. The van der Waals surface area contributed by atoms with E-state index >= 15 is 0 Å². The standard InChI is InChI=1S/C22H20N2OS/c1-15-8-10-19(11-9-15)26-22-20(7-4-12-23-22)21(25)24-18-13-16-5-2-3-6-17(16)14-18/h2-12,18H,13-14H2,1H3,(H,24,25). The number of rotatable bonds is 4. The lowest BCUT2D eigenvalue weighted by molar-refractivity contribution is 0.0935. The summed E-state index contributed by atoms with van der Waals surface area (Å²) in [5, 5.41) is 3.93. The van der Waals surface area contributed by atoms with E-state index in [1.165, 1.54) is 28.5 Å². The predicted octanol–water partition coefficient (Wildman–Crippen LogP) is 4.44. The Balaban J connectivity index is 1.49.